The molecule has 0 bridgehead atoms. The van der Waals surface area contributed by atoms with E-state index in [2.05, 4.69) is 24.8 Å². The Kier molecular flexibility index (Phi) is 4.72. The third-order valence-corrected chi connectivity index (χ3v) is 4.32. The molecule has 2 aliphatic rings. The number of rotatable bonds is 5. The molecule has 7 heteroatoms. The molecule has 1 aromatic heterocycles. The van der Waals surface area contributed by atoms with Crippen molar-refractivity contribution in [3.05, 3.63) is 18.5 Å². The molecule has 1 saturated heterocycles. The average Bonchev–Trinajstić information content (AvgIpc) is 3.41. The monoisotopic (exact) mass is 304 g/mol. The Labute approximate surface area is 131 Å². The van der Waals surface area contributed by atoms with Crippen LogP contribution >= 0.6 is 0 Å². The molecule has 0 aromatic carbocycles. The van der Waals surface area contributed by atoms with E-state index in [1.165, 1.54) is 12.8 Å². The number of nitrogens with zero attached hydrogens (tertiary/aromatic N) is 5. The lowest BCUT2D eigenvalue weighted by molar-refractivity contribution is 0.0916. The fraction of sp³-hybridized carbons (Fsp3) is 0.667. The van der Waals surface area contributed by atoms with Crippen molar-refractivity contribution in [3.8, 4) is 0 Å². The molecule has 1 unspecified atom stereocenters. The minimum atomic E-state index is 0.220. The van der Waals surface area contributed by atoms with Gasteiger partial charge in [-0.3, -0.25) is 4.99 Å². The highest BCUT2D eigenvalue weighted by Gasteiger charge is 2.31. The van der Waals surface area contributed by atoms with Gasteiger partial charge in [0, 0.05) is 45.7 Å². The molecule has 0 amide bonds. The largest absolute Gasteiger partial charge is 0.379 e. The van der Waals surface area contributed by atoms with Crippen LogP contribution in [-0.2, 0) is 4.74 Å². The summed E-state index contributed by atoms with van der Waals surface area (Å²) in [7, 11) is 1.76. The van der Waals surface area contributed by atoms with Crippen LogP contribution in [0.15, 0.2) is 23.5 Å². The van der Waals surface area contributed by atoms with Crippen molar-refractivity contribution in [2.24, 2.45) is 16.6 Å². The summed E-state index contributed by atoms with van der Waals surface area (Å²) in [6, 6.07) is 1.83. The summed E-state index contributed by atoms with van der Waals surface area (Å²) in [5.74, 6) is 2.08. The van der Waals surface area contributed by atoms with E-state index < -0.39 is 0 Å². The van der Waals surface area contributed by atoms with Crippen LogP contribution in [0.1, 0.15) is 12.8 Å². The smallest absolute Gasteiger partial charge is 0.225 e. The Balaban J connectivity index is 1.50. The van der Waals surface area contributed by atoms with Gasteiger partial charge in [0.15, 0.2) is 5.96 Å². The summed E-state index contributed by atoms with van der Waals surface area (Å²) in [4.78, 5) is 17.4. The maximum Gasteiger partial charge on any atom is 0.225 e. The van der Waals surface area contributed by atoms with Crippen LogP contribution in [0, 0.1) is 5.92 Å². The standard InChI is InChI=1S/C15H24N6O/c1-22-13(12-3-4-12)11-19-14(16)20-7-9-21(10-8-20)15-17-5-2-6-18-15/h2,5-6,12-13H,3-4,7-11H2,1H3,(H2,16,19). The van der Waals surface area contributed by atoms with E-state index in [1.54, 1.807) is 19.5 Å². The average molecular weight is 304 g/mol. The van der Waals surface area contributed by atoms with E-state index in [0.717, 1.165) is 32.1 Å². The number of aliphatic imine (C=N–C) groups is 1. The van der Waals surface area contributed by atoms with Crippen molar-refractivity contribution < 1.29 is 4.74 Å². The fourth-order valence-corrected chi connectivity index (χ4v) is 2.76. The number of ether oxygens (including phenoxy) is 1. The lowest BCUT2D eigenvalue weighted by Gasteiger charge is -2.35. The zero-order valence-corrected chi connectivity index (χ0v) is 13.1. The number of nitrogens with two attached hydrogens (primary N) is 1. The Morgan fingerprint density at radius 1 is 1.32 bits per heavy atom. The maximum absolute atomic E-state index is 6.13. The quantitative estimate of drug-likeness (QED) is 0.624. The molecule has 1 aromatic rings. The van der Waals surface area contributed by atoms with Crippen molar-refractivity contribution >= 4 is 11.9 Å². The van der Waals surface area contributed by atoms with Gasteiger partial charge < -0.3 is 20.3 Å². The lowest BCUT2D eigenvalue weighted by Crippen LogP contribution is -2.51. The normalized spacial score (nSPS) is 21.0. The van der Waals surface area contributed by atoms with Gasteiger partial charge in [-0.1, -0.05) is 0 Å². The highest BCUT2D eigenvalue weighted by atomic mass is 16.5. The van der Waals surface area contributed by atoms with Gasteiger partial charge in [-0.05, 0) is 24.8 Å². The van der Waals surface area contributed by atoms with Gasteiger partial charge in [0.1, 0.15) is 0 Å². The first-order valence-electron chi connectivity index (χ1n) is 7.87. The van der Waals surface area contributed by atoms with Crippen molar-refractivity contribution in [3.63, 3.8) is 0 Å². The predicted octanol–water partition coefficient (Wildman–Crippen LogP) is 0.338. The second-order valence-corrected chi connectivity index (χ2v) is 5.83. The molecule has 0 spiro atoms. The molecule has 7 nitrogen and oxygen atoms in total. The number of anilines is 1. The van der Waals surface area contributed by atoms with E-state index in [1.807, 2.05) is 6.07 Å². The highest BCUT2D eigenvalue weighted by Crippen LogP contribution is 2.34. The molecule has 22 heavy (non-hydrogen) atoms. The van der Waals surface area contributed by atoms with Gasteiger partial charge in [0.05, 0.1) is 12.6 Å². The Morgan fingerprint density at radius 2 is 2.00 bits per heavy atom. The van der Waals surface area contributed by atoms with Crippen molar-refractivity contribution in [1.29, 1.82) is 0 Å². The summed E-state index contributed by atoms with van der Waals surface area (Å²) in [6.07, 6.45) is 6.27. The summed E-state index contributed by atoms with van der Waals surface area (Å²) in [6.45, 7) is 4.06. The molecule has 2 fully saturated rings. The van der Waals surface area contributed by atoms with Crippen molar-refractivity contribution in [2.45, 2.75) is 18.9 Å². The fourth-order valence-electron chi connectivity index (χ4n) is 2.76. The molecule has 2 N–H and O–H groups in total. The number of methoxy groups -OCH3 is 1. The summed E-state index contributed by atoms with van der Waals surface area (Å²) in [5.41, 5.74) is 6.13. The Bertz CT molecular complexity index is 496. The first-order valence-corrected chi connectivity index (χ1v) is 7.87. The molecule has 3 rings (SSSR count). The van der Waals surface area contributed by atoms with Gasteiger partial charge in [0.25, 0.3) is 0 Å². The van der Waals surface area contributed by atoms with Crippen molar-refractivity contribution in [2.75, 3.05) is 44.7 Å². The van der Waals surface area contributed by atoms with Crippen LogP contribution in [0.4, 0.5) is 5.95 Å². The first-order chi connectivity index (χ1) is 10.8. The molecule has 120 valence electrons. The summed E-state index contributed by atoms with van der Waals surface area (Å²) >= 11 is 0. The van der Waals surface area contributed by atoms with Gasteiger partial charge >= 0.3 is 0 Å². The first kappa shape index (κ1) is 15.0. The molecule has 1 aliphatic carbocycles. The highest BCUT2D eigenvalue weighted by molar-refractivity contribution is 5.78. The topological polar surface area (TPSA) is 79.9 Å². The molecular formula is C15H24N6O. The van der Waals surface area contributed by atoms with Gasteiger partial charge in [-0.25, -0.2) is 9.97 Å². The third-order valence-electron chi connectivity index (χ3n) is 4.32. The number of hydrogen-bond donors (Lipinski definition) is 1. The minimum Gasteiger partial charge on any atom is -0.379 e. The zero-order valence-electron chi connectivity index (χ0n) is 13.1. The van der Waals surface area contributed by atoms with Crippen LogP contribution in [0.25, 0.3) is 0 Å². The number of piperazine rings is 1. The van der Waals surface area contributed by atoms with Crippen LogP contribution in [0.5, 0.6) is 0 Å². The van der Waals surface area contributed by atoms with E-state index in [0.29, 0.717) is 18.4 Å². The number of guanidine groups is 1. The SMILES string of the molecule is COC(CN=C(N)N1CCN(c2ncccn2)CC1)C1CC1. The molecule has 1 aliphatic heterocycles. The molecule has 0 radical (unpaired) electrons. The van der Waals surface area contributed by atoms with Crippen LogP contribution in [-0.4, -0.2) is 66.8 Å². The number of hydrogen-bond acceptors (Lipinski definition) is 5. The number of aromatic nitrogens is 2. The van der Waals surface area contributed by atoms with Crippen LogP contribution in [0.3, 0.4) is 0 Å². The zero-order chi connectivity index (χ0) is 15.4. The molecule has 1 atom stereocenters. The van der Waals surface area contributed by atoms with Crippen LogP contribution in [0.2, 0.25) is 0 Å². The van der Waals surface area contributed by atoms with Crippen LogP contribution < -0.4 is 10.6 Å². The Morgan fingerprint density at radius 3 is 2.59 bits per heavy atom. The molecule has 1 saturated carbocycles. The van der Waals surface area contributed by atoms with Gasteiger partial charge in [0.2, 0.25) is 5.95 Å². The third kappa shape index (κ3) is 3.65. The second kappa shape index (κ2) is 6.91. The molecule has 2 heterocycles. The minimum absolute atomic E-state index is 0.220. The van der Waals surface area contributed by atoms with E-state index in [9.17, 15) is 0 Å². The summed E-state index contributed by atoms with van der Waals surface area (Å²) < 4.78 is 5.48. The maximum atomic E-state index is 6.13. The van der Waals surface area contributed by atoms with E-state index in [-0.39, 0.29) is 6.10 Å². The van der Waals surface area contributed by atoms with E-state index >= 15 is 0 Å². The second-order valence-electron chi connectivity index (χ2n) is 5.83. The molecular weight excluding hydrogens is 280 g/mol. The summed E-state index contributed by atoms with van der Waals surface area (Å²) in [5, 5.41) is 0. The van der Waals surface area contributed by atoms with Crippen molar-refractivity contribution in [1.82, 2.24) is 14.9 Å². The lowest BCUT2D eigenvalue weighted by atomic mass is 10.2. The van der Waals surface area contributed by atoms with Gasteiger partial charge in [-0.2, -0.15) is 0 Å². The van der Waals surface area contributed by atoms with E-state index in [4.69, 9.17) is 10.5 Å². The predicted molar refractivity (Wildman–Crippen MR) is 85.8 cm³/mol. The van der Waals surface area contributed by atoms with Gasteiger partial charge in [-0.15, -0.1) is 0 Å². The Hall–Kier alpha value is -1.89.